The lowest BCUT2D eigenvalue weighted by Crippen LogP contribution is -2.32. The Balaban J connectivity index is 1.62. The van der Waals surface area contributed by atoms with Crippen LogP contribution in [0.15, 0.2) is 60.9 Å². The number of ether oxygens (including phenoxy) is 1. The highest BCUT2D eigenvalue weighted by molar-refractivity contribution is 5.97. The van der Waals surface area contributed by atoms with Crippen molar-refractivity contribution in [1.29, 1.82) is 0 Å². The molecule has 29 heavy (non-hydrogen) atoms. The van der Waals surface area contributed by atoms with Crippen molar-refractivity contribution in [2.24, 2.45) is 0 Å². The molecule has 0 aliphatic rings. The Morgan fingerprint density at radius 2 is 1.76 bits per heavy atom. The van der Waals surface area contributed by atoms with E-state index in [-0.39, 0.29) is 5.91 Å². The van der Waals surface area contributed by atoms with E-state index in [1.807, 2.05) is 24.3 Å². The van der Waals surface area contributed by atoms with Crippen LogP contribution in [0.5, 0.6) is 0 Å². The number of H-pyrrole nitrogens is 1. The standard InChI is InChI=1S/C23H25N3O3/c1-4-20(22(27)26-19-11-9-16(10-12-19)15(2)3)29-23(28)18-7-5-17(6-8-18)21-24-13-14-25-21/h5-15,20H,4H2,1-3H3,(H,24,25)(H,26,27). The van der Waals surface area contributed by atoms with Crippen molar-refractivity contribution < 1.29 is 14.3 Å². The Bertz CT molecular complexity index is 946. The summed E-state index contributed by atoms with van der Waals surface area (Å²) in [6.45, 7) is 6.03. The summed E-state index contributed by atoms with van der Waals surface area (Å²) >= 11 is 0. The third-order valence-corrected chi connectivity index (χ3v) is 4.65. The van der Waals surface area contributed by atoms with Crippen LogP contribution in [0.1, 0.15) is 49.0 Å². The van der Waals surface area contributed by atoms with Crippen molar-refractivity contribution in [2.45, 2.75) is 39.2 Å². The van der Waals surface area contributed by atoms with Gasteiger partial charge in [-0.15, -0.1) is 0 Å². The van der Waals surface area contributed by atoms with Gasteiger partial charge in [-0.1, -0.05) is 45.0 Å². The summed E-state index contributed by atoms with van der Waals surface area (Å²) in [5, 5.41) is 2.82. The van der Waals surface area contributed by atoms with Crippen molar-refractivity contribution in [3.8, 4) is 11.4 Å². The Morgan fingerprint density at radius 1 is 1.07 bits per heavy atom. The minimum Gasteiger partial charge on any atom is -0.449 e. The predicted molar refractivity (Wildman–Crippen MR) is 113 cm³/mol. The molecule has 3 aromatic rings. The van der Waals surface area contributed by atoms with Crippen molar-refractivity contribution in [3.63, 3.8) is 0 Å². The summed E-state index contributed by atoms with van der Waals surface area (Å²) in [5.41, 5.74) is 3.12. The molecule has 0 radical (unpaired) electrons. The average molecular weight is 391 g/mol. The van der Waals surface area contributed by atoms with Gasteiger partial charge in [0.05, 0.1) is 5.56 Å². The van der Waals surface area contributed by atoms with E-state index in [1.54, 1.807) is 43.6 Å². The number of aromatic amines is 1. The lowest BCUT2D eigenvalue weighted by Gasteiger charge is -2.16. The number of imidazole rings is 1. The molecule has 1 atom stereocenters. The van der Waals surface area contributed by atoms with Crippen molar-refractivity contribution >= 4 is 17.6 Å². The molecule has 1 amide bonds. The lowest BCUT2D eigenvalue weighted by molar-refractivity contribution is -0.124. The van der Waals surface area contributed by atoms with Gasteiger partial charge in [-0.25, -0.2) is 9.78 Å². The zero-order valence-corrected chi connectivity index (χ0v) is 16.8. The van der Waals surface area contributed by atoms with Crippen LogP contribution in [0.4, 0.5) is 5.69 Å². The van der Waals surface area contributed by atoms with Crippen LogP contribution in [0.3, 0.4) is 0 Å². The second-order valence-electron chi connectivity index (χ2n) is 7.08. The highest BCUT2D eigenvalue weighted by atomic mass is 16.5. The maximum atomic E-state index is 12.5. The molecule has 0 aliphatic carbocycles. The first-order chi connectivity index (χ1) is 14.0. The Morgan fingerprint density at radius 3 is 2.31 bits per heavy atom. The first-order valence-electron chi connectivity index (χ1n) is 9.69. The fourth-order valence-corrected chi connectivity index (χ4v) is 2.88. The maximum absolute atomic E-state index is 12.5. The molecular weight excluding hydrogens is 366 g/mol. The summed E-state index contributed by atoms with van der Waals surface area (Å²) in [7, 11) is 0. The van der Waals surface area contributed by atoms with Gasteiger partial charge < -0.3 is 15.0 Å². The summed E-state index contributed by atoms with van der Waals surface area (Å²) in [4.78, 5) is 32.2. The molecule has 2 aromatic carbocycles. The summed E-state index contributed by atoms with van der Waals surface area (Å²) in [5.74, 6) is 0.265. The number of anilines is 1. The zero-order chi connectivity index (χ0) is 20.8. The molecule has 0 fully saturated rings. The van der Waals surface area contributed by atoms with E-state index in [9.17, 15) is 9.59 Å². The lowest BCUT2D eigenvalue weighted by atomic mass is 10.0. The van der Waals surface area contributed by atoms with Crippen LogP contribution < -0.4 is 5.32 Å². The van der Waals surface area contributed by atoms with Gasteiger partial charge in [0.15, 0.2) is 6.10 Å². The second kappa shape index (κ2) is 9.19. The van der Waals surface area contributed by atoms with Gasteiger partial charge in [0.1, 0.15) is 5.82 Å². The molecule has 6 nitrogen and oxygen atoms in total. The van der Waals surface area contributed by atoms with Crippen molar-refractivity contribution in [1.82, 2.24) is 9.97 Å². The summed E-state index contributed by atoms with van der Waals surface area (Å²) < 4.78 is 5.44. The fourth-order valence-electron chi connectivity index (χ4n) is 2.88. The number of aromatic nitrogens is 2. The predicted octanol–water partition coefficient (Wildman–Crippen LogP) is 4.77. The van der Waals surface area contributed by atoms with E-state index in [4.69, 9.17) is 4.74 Å². The normalized spacial score (nSPS) is 11.9. The number of rotatable bonds is 7. The molecule has 1 unspecified atom stereocenters. The van der Waals surface area contributed by atoms with Gasteiger partial charge in [0.25, 0.3) is 5.91 Å². The van der Waals surface area contributed by atoms with Crippen molar-refractivity contribution in [2.75, 3.05) is 5.32 Å². The third kappa shape index (κ3) is 5.10. The average Bonchev–Trinajstić information content (AvgIpc) is 3.27. The number of hydrogen-bond acceptors (Lipinski definition) is 4. The Kier molecular flexibility index (Phi) is 6.44. The Hall–Kier alpha value is -3.41. The van der Waals surface area contributed by atoms with E-state index in [2.05, 4.69) is 29.1 Å². The minimum absolute atomic E-state index is 0.342. The third-order valence-electron chi connectivity index (χ3n) is 4.65. The van der Waals surface area contributed by atoms with E-state index in [0.29, 0.717) is 23.6 Å². The molecular formula is C23H25N3O3. The number of nitrogens with zero attached hydrogens (tertiary/aromatic N) is 1. The summed E-state index contributed by atoms with van der Waals surface area (Å²) in [6, 6.07) is 14.6. The van der Waals surface area contributed by atoms with Crippen LogP contribution in [0, 0.1) is 0 Å². The number of carbonyl (C=O) groups excluding carboxylic acids is 2. The molecule has 1 aromatic heterocycles. The van der Waals surface area contributed by atoms with Crippen LogP contribution in [0.2, 0.25) is 0 Å². The Labute approximate surface area is 170 Å². The summed E-state index contributed by atoms with van der Waals surface area (Å²) in [6.07, 6.45) is 2.92. The van der Waals surface area contributed by atoms with E-state index in [0.717, 1.165) is 11.4 Å². The van der Waals surface area contributed by atoms with Gasteiger partial charge >= 0.3 is 5.97 Å². The number of nitrogens with one attached hydrogen (secondary N) is 2. The van der Waals surface area contributed by atoms with Gasteiger partial charge in [0, 0.05) is 23.6 Å². The van der Waals surface area contributed by atoms with E-state index < -0.39 is 12.1 Å². The largest absolute Gasteiger partial charge is 0.449 e. The SMILES string of the molecule is CCC(OC(=O)c1ccc(-c2ncc[nH]2)cc1)C(=O)Nc1ccc(C(C)C)cc1. The highest BCUT2D eigenvalue weighted by Crippen LogP contribution is 2.19. The maximum Gasteiger partial charge on any atom is 0.338 e. The van der Waals surface area contributed by atoms with Crippen LogP contribution >= 0.6 is 0 Å². The molecule has 0 saturated carbocycles. The van der Waals surface area contributed by atoms with Crippen LogP contribution in [-0.4, -0.2) is 27.9 Å². The van der Waals surface area contributed by atoms with Gasteiger partial charge in [-0.05, 0) is 42.2 Å². The van der Waals surface area contributed by atoms with Crippen LogP contribution in [-0.2, 0) is 9.53 Å². The quantitative estimate of drug-likeness (QED) is 0.568. The number of hydrogen-bond donors (Lipinski definition) is 2. The molecule has 150 valence electrons. The second-order valence-corrected chi connectivity index (χ2v) is 7.08. The fraction of sp³-hybridized carbons (Fsp3) is 0.261. The molecule has 6 heteroatoms. The molecule has 0 aliphatic heterocycles. The van der Waals surface area contributed by atoms with Crippen molar-refractivity contribution in [3.05, 3.63) is 72.1 Å². The number of carbonyl (C=O) groups is 2. The van der Waals surface area contributed by atoms with E-state index in [1.165, 1.54) is 5.56 Å². The van der Waals surface area contributed by atoms with Crippen LogP contribution in [0.25, 0.3) is 11.4 Å². The molecule has 0 bridgehead atoms. The topological polar surface area (TPSA) is 84.1 Å². The molecule has 3 rings (SSSR count). The monoisotopic (exact) mass is 391 g/mol. The number of esters is 1. The molecule has 0 spiro atoms. The van der Waals surface area contributed by atoms with Gasteiger partial charge in [0.2, 0.25) is 0 Å². The van der Waals surface area contributed by atoms with Gasteiger partial charge in [-0.3, -0.25) is 4.79 Å². The number of benzene rings is 2. The molecule has 2 N–H and O–H groups in total. The first kappa shape index (κ1) is 20.3. The highest BCUT2D eigenvalue weighted by Gasteiger charge is 2.22. The minimum atomic E-state index is -0.864. The number of amides is 1. The van der Waals surface area contributed by atoms with Gasteiger partial charge in [-0.2, -0.15) is 0 Å². The first-order valence-corrected chi connectivity index (χ1v) is 9.69. The van der Waals surface area contributed by atoms with E-state index >= 15 is 0 Å². The zero-order valence-electron chi connectivity index (χ0n) is 16.8. The molecule has 1 heterocycles. The molecule has 0 saturated heterocycles. The smallest absolute Gasteiger partial charge is 0.338 e.